The summed E-state index contributed by atoms with van der Waals surface area (Å²) in [6.45, 7) is 2.20. The van der Waals surface area contributed by atoms with Crippen molar-refractivity contribution in [3.05, 3.63) is 28.0 Å². The highest BCUT2D eigenvalue weighted by Crippen LogP contribution is 2.23. The van der Waals surface area contributed by atoms with Crippen LogP contribution in [0.3, 0.4) is 0 Å². The van der Waals surface area contributed by atoms with Crippen molar-refractivity contribution in [1.82, 2.24) is 20.1 Å². The Morgan fingerprint density at radius 2 is 2.41 bits per heavy atom. The molecule has 0 fully saturated rings. The fourth-order valence-corrected chi connectivity index (χ4v) is 2.18. The van der Waals surface area contributed by atoms with E-state index in [2.05, 4.69) is 15.4 Å². The summed E-state index contributed by atoms with van der Waals surface area (Å²) in [4.78, 5) is 17.3. The van der Waals surface area contributed by atoms with Gasteiger partial charge in [-0.1, -0.05) is 0 Å². The molecule has 0 aliphatic heterocycles. The molecule has 0 saturated carbocycles. The minimum Gasteiger partial charge on any atom is -0.398 e. The Labute approximate surface area is 102 Å². The monoisotopic (exact) mass is 251 g/mol. The summed E-state index contributed by atoms with van der Waals surface area (Å²) >= 11 is 1.38. The zero-order chi connectivity index (χ0) is 12.4. The summed E-state index contributed by atoms with van der Waals surface area (Å²) in [5, 5.41) is 6.82. The van der Waals surface area contributed by atoms with Gasteiger partial charge in [0, 0.05) is 17.6 Å². The van der Waals surface area contributed by atoms with E-state index < -0.39 is 0 Å². The van der Waals surface area contributed by atoms with Crippen molar-refractivity contribution in [1.29, 1.82) is 0 Å². The molecule has 0 atom stereocenters. The van der Waals surface area contributed by atoms with Crippen LogP contribution in [0.4, 0.5) is 5.69 Å². The molecule has 7 heteroatoms. The van der Waals surface area contributed by atoms with Crippen molar-refractivity contribution in [2.75, 3.05) is 5.73 Å². The summed E-state index contributed by atoms with van der Waals surface area (Å²) in [7, 11) is 1.78. The number of aromatic nitrogens is 3. The molecule has 0 unspecified atom stereocenters. The van der Waals surface area contributed by atoms with Crippen LogP contribution in [0, 0.1) is 6.92 Å². The number of carbonyl (C=O) groups excluding carboxylic acids is 1. The Kier molecular flexibility index (Phi) is 3.10. The number of anilines is 1. The van der Waals surface area contributed by atoms with Gasteiger partial charge in [0.05, 0.1) is 11.4 Å². The molecule has 0 aliphatic rings. The number of thiophene rings is 1. The lowest BCUT2D eigenvalue weighted by Crippen LogP contribution is -2.22. The van der Waals surface area contributed by atoms with Crippen LogP contribution in [0.5, 0.6) is 0 Å². The molecule has 0 saturated heterocycles. The number of amides is 1. The molecule has 2 rings (SSSR count). The highest BCUT2D eigenvalue weighted by molar-refractivity contribution is 7.14. The van der Waals surface area contributed by atoms with Crippen LogP contribution in [0.1, 0.15) is 20.4 Å². The second-order valence-electron chi connectivity index (χ2n) is 3.64. The van der Waals surface area contributed by atoms with E-state index in [1.807, 2.05) is 6.92 Å². The molecule has 90 valence electrons. The van der Waals surface area contributed by atoms with Gasteiger partial charge >= 0.3 is 0 Å². The van der Waals surface area contributed by atoms with Crippen LogP contribution in [-0.4, -0.2) is 20.7 Å². The van der Waals surface area contributed by atoms with E-state index in [0.29, 0.717) is 22.9 Å². The minimum absolute atomic E-state index is 0.151. The number of carbonyl (C=O) groups is 1. The van der Waals surface area contributed by atoms with E-state index in [4.69, 9.17) is 5.73 Å². The minimum atomic E-state index is -0.151. The third kappa shape index (κ3) is 2.62. The maximum atomic E-state index is 11.8. The van der Waals surface area contributed by atoms with Crippen molar-refractivity contribution >= 4 is 22.9 Å². The highest BCUT2D eigenvalue weighted by Gasteiger charge is 2.11. The smallest absolute Gasteiger partial charge is 0.261 e. The molecule has 2 aromatic heterocycles. The molecule has 0 radical (unpaired) electrons. The molecule has 2 aromatic rings. The molecular formula is C10H13N5OS. The molecule has 0 spiro atoms. The van der Waals surface area contributed by atoms with Crippen LogP contribution in [0.25, 0.3) is 0 Å². The molecule has 0 aliphatic carbocycles. The zero-order valence-corrected chi connectivity index (χ0v) is 10.4. The van der Waals surface area contributed by atoms with Crippen LogP contribution in [0.15, 0.2) is 12.4 Å². The summed E-state index contributed by atoms with van der Waals surface area (Å²) < 4.78 is 1.59. The molecule has 17 heavy (non-hydrogen) atoms. The van der Waals surface area contributed by atoms with Crippen molar-refractivity contribution in [3.63, 3.8) is 0 Å². The number of aryl methyl sites for hydroxylation is 2. The van der Waals surface area contributed by atoms with Gasteiger partial charge in [-0.3, -0.25) is 9.48 Å². The highest BCUT2D eigenvalue weighted by atomic mass is 32.1. The number of nitrogens with zero attached hydrogens (tertiary/aromatic N) is 3. The van der Waals surface area contributed by atoms with Gasteiger partial charge in [0.25, 0.3) is 5.91 Å². The van der Waals surface area contributed by atoms with E-state index in [1.54, 1.807) is 24.1 Å². The van der Waals surface area contributed by atoms with Crippen LogP contribution in [0.2, 0.25) is 0 Å². The topological polar surface area (TPSA) is 85.8 Å². The zero-order valence-electron chi connectivity index (χ0n) is 9.60. The molecule has 1 amide bonds. The van der Waals surface area contributed by atoms with E-state index in [0.717, 1.165) is 4.88 Å². The van der Waals surface area contributed by atoms with E-state index in [-0.39, 0.29) is 5.91 Å². The number of nitrogens with one attached hydrogen (secondary N) is 1. The normalized spacial score (nSPS) is 10.5. The maximum absolute atomic E-state index is 11.8. The number of hydrogen-bond acceptors (Lipinski definition) is 5. The predicted octanol–water partition coefficient (Wildman–Crippen LogP) is 0.697. The number of rotatable bonds is 3. The first-order chi connectivity index (χ1) is 8.06. The third-order valence-electron chi connectivity index (χ3n) is 2.23. The van der Waals surface area contributed by atoms with Gasteiger partial charge in [-0.05, 0) is 13.0 Å². The van der Waals surface area contributed by atoms with Gasteiger partial charge < -0.3 is 11.1 Å². The van der Waals surface area contributed by atoms with Crippen molar-refractivity contribution in [3.8, 4) is 0 Å². The lowest BCUT2D eigenvalue weighted by Gasteiger charge is -1.99. The first-order valence-electron chi connectivity index (χ1n) is 5.05. The van der Waals surface area contributed by atoms with Gasteiger partial charge in [0.2, 0.25) is 0 Å². The Morgan fingerprint density at radius 3 is 2.94 bits per heavy atom. The molecule has 2 heterocycles. The average molecular weight is 251 g/mol. The lowest BCUT2D eigenvalue weighted by molar-refractivity contribution is 0.0954. The van der Waals surface area contributed by atoms with E-state index >= 15 is 0 Å². The Hall–Kier alpha value is -1.89. The second kappa shape index (κ2) is 4.54. The van der Waals surface area contributed by atoms with Crippen molar-refractivity contribution < 1.29 is 4.79 Å². The lowest BCUT2D eigenvalue weighted by atomic mass is 10.3. The van der Waals surface area contributed by atoms with Gasteiger partial charge in [-0.2, -0.15) is 5.10 Å². The quantitative estimate of drug-likeness (QED) is 0.840. The fraction of sp³-hybridized carbons (Fsp3) is 0.300. The third-order valence-corrected chi connectivity index (χ3v) is 3.30. The Balaban J connectivity index is 1.98. The first-order valence-corrected chi connectivity index (χ1v) is 5.86. The van der Waals surface area contributed by atoms with Crippen LogP contribution >= 0.6 is 11.3 Å². The number of nitrogens with two attached hydrogens (primary N) is 1. The predicted molar refractivity (Wildman–Crippen MR) is 65.6 cm³/mol. The van der Waals surface area contributed by atoms with Crippen molar-refractivity contribution in [2.45, 2.75) is 13.5 Å². The standard InChI is InChI=1S/C10H13N5OS/c1-6-7(11)3-8(17-6)10(16)12-4-9-13-5-15(2)14-9/h3,5H,4,11H2,1-2H3,(H,12,16). The van der Waals surface area contributed by atoms with Gasteiger partial charge in [0.15, 0.2) is 5.82 Å². The summed E-state index contributed by atoms with van der Waals surface area (Å²) in [6, 6.07) is 1.68. The molecule has 6 nitrogen and oxygen atoms in total. The first kappa shape index (κ1) is 11.6. The molecular weight excluding hydrogens is 238 g/mol. The second-order valence-corrected chi connectivity index (χ2v) is 4.90. The average Bonchev–Trinajstić information content (AvgIpc) is 2.83. The van der Waals surface area contributed by atoms with Crippen LogP contribution < -0.4 is 11.1 Å². The fourth-order valence-electron chi connectivity index (χ4n) is 1.32. The summed E-state index contributed by atoms with van der Waals surface area (Å²) in [5.74, 6) is 0.435. The Morgan fingerprint density at radius 1 is 1.65 bits per heavy atom. The maximum Gasteiger partial charge on any atom is 0.261 e. The van der Waals surface area contributed by atoms with Crippen LogP contribution in [-0.2, 0) is 13.6 Å². The van der Waals surface area contributed by atoms with Gasteiger partial charge in [-0.15, -0.1) is 11.3 Å². The number of nitrogen functional groups attached to an aromatic ring is 1. The SMILES string of the molecule is Cc1sc(C(=O)NCc2ncn(C)n2)cc1N. The van der Waals surface area contributed by atoms with E-state index in [1.165, 1.54) is 11.3 Å². The largest absolute Gasteiger partial charge is 0.398 e. The Bertz CT molecular complexity index is 525. The molecule has 3 N–H and O–H groups in total. The number of hydrogen-bond donors (Lipinski definition) is 2. The van der Waals surface area contributed by atoms with Gasteiger partial charge in [0.1, 0.15) is 6.33 Å². The molecule has 0 aromatic carbocycles. The molecule has 0 bridgehead atoms. The van der Waals surface area contributed by atoms with Crippen molar-refractivity contribution in [2.24, 2.45) is 7.05 Å². The van der Waals surface area contributed by atoms with E-state index in [9.17, 15) is 4.79 Å². The van der Waals surface area contributed by atoms with Gasteiger partial charge in [-0.25, -0.2) is 4.98 Å². The summed E-state index contributed by atoms with van der Waals surface area (Å²) in [6.07, 6.45) is 1.59. The summed E-state index contributed by atoms with van der Waals surface area (Å²) in [5.41, 5.74) is 6.34.